The number of hydrogen-bond acceptors (Lipinski definition) is 2. The van der Waals surface area contributed by atoms with E-state index in [1.165, 1.54) is 17.6 Å². The van der Waals surface area contributed by atoms with Gasteiger partial charge in [-0.1, -0.05) is 40.2 Å². The SMILES string of the molecule is CC1=C(CO)C(C)(C)C(CO[Si](C)(C)C(C)(C)C)CC1. The zero-order valence-electron chi connectivity index (χ0n) is 14.8. The van der Waals surface area contributed by atoms with Crippen molar-refractivity contribution in [2.24, 2.45) is 11.3 Å². The first-order valence-corrected chi connectivity index (χ1v) is 10.8. The molecular formula is C17H34O2Si. The normalized spacial score (nSPS) is 24.1. The molecule has 1 rings (SSSR count). The van der Waals surface area contributed by atoms with Gasteiger partial charge >= 0.3 is 0 Å². The number of hydrogen-bond donors (Lipinski definition) is 1. The van der Waals surface area contributed by atoms with Gasteiger partial charge in [-0.05, 0) is 54.8 Å². The molecule has 1 aliphatic rings. The maximum Gasteiger partial charge on any atom is 0.191 e. The second-order valence-corrected chi connectivity index (χ2v) is 13.3. The number of allylic oxidation sites excluding steroid dienone is 1. The fraction of sp³-hybridized carbons (Fsp3) is 0.882. The zero-order chi connectivity index (χ0) is 15.8. The summed E-state index contributed by atoms with van der Waals surface area (Å²) in [6.07, 6.45) is 2.28. The van der Waals surface area contributed by atoms with Crippen LogP contribution in [0.2, 0.25) is 18.1 Å². The van der Waals surface area contributed by atoms with Gasteiger partial charge in [0.25, 0.3) is 0 Å². The molecule has 0 bridgehead atoms. The van der Waals surface area contributed by atoms with Crippen LogP contribution in [-0.4, -0.2) is 26.6 Å². The molecule has 1 unspecified atom stereocenters. The van der Waals surface area contributed by atoms with E-state index in [0.29, 0.717) is 5.92 Å². The van der Waals surface area contributed by atoms with E-state index < -0.39 is 8.32 Å². The first-order chi connectivity index (χ1) is 8.93. The third-order valence-electron chi connectivity index (χ3n) is 5.79. The lowest BCUT2D eigenvalue weighted by Crippen LogP contribution is -2.44. The smallest absolute Gasteiger partial charge is 0.191 e. The van der Waals surface area contributed by atoms with Crippen LogP contribution in [0.5, 0.6) is 0 Å². The number of aliphatic hydroxyl groups excluding tert-OH is 1. The van der Waals surface area contributed by atoms with Crippen molar-refractivity contribution in [2.45, 2.75) is 72.5 Å². The molecule has 0 fully saturated rings. The third-order valence-corrected chi connectivity index (χ3v) is 10.3. The highest BCUT2D eigenvalue weighted by atomic mass is 28.4. The first kappa shape index (κ1) is 17.9. The number of aliphatic hydroxyl groups is 1. The van der Waals surface area contributed by atoms with Gasteiger partial charge in [0.05, 0.1) is 6.61 Å². The van der Waals surface area contributed by atoms with Crippen LogP contribution in [0.1, 0.15) is 54.4 Å². The predicted molar refractivity (Wildman–Crippen MR) is 89.4 cm³/mol. The van der Waals surface area contributed by atoms with Gasteiger partial charge in [-0.3, -0.25) is 0 Å². The van der Waals surface area contributed by atoms with Crippen molar-refractivity contribution in [2.75, 3.05) is 13.2 Å². The van der Waals surface area contributed by atoms with E-state index in [4.69, 9.17) is 4.43 Å². The fourth-order valence-corrected chi connectivity index (χ4v) is 3.91. The predicted octanol–water partition coefficient (Wildman–Crippen LogP) is 4.75. The summed E-state index contributed by atoms with van der Waals surface area (Å²) in [5, 5.41) is 9.94. The summed E-state index contributed by atoms with van der Waals surface area (Å²) >= 11 is 0. The van der Waals surface area contributed by atoms with E-state index in [2.05, 4.69) is 54.6 Å². The Morgan fingerprint density at radius 3 is 2.30 bits per heavy atom. The quantitative estimate of drug-likeness (QED) is 0.599. The van der Waals surface area contributed by atoms with E-state index in [9.17, 15) is 5.11 Å². The lowest BCUT2D eigenvalue weighted by molar-refractivity contribution is 0.118. The lowest BCUT2D eigenvalue weighted by atomic mass is 9.66. The summed E-state index contributed by atoms with van der Waals surface area (Å²) < 4.78 is 6.43. The molecule has 0 amide bonds. The zero-order valence-corrected chi connectivity index (χ0v) is 15.8. The van der Waals surface area contributed by atoms with Crippen LogP contribution in [0.25, 0.3) is 0 Å². The second kappa shape index (κ2) is 5.94. The molecule has 0 saturated heterocycles. The molecule has 0 aliphatic heterocycles. The van der Waals surface area contributed by atoms with Crippen LogP contribution in [0, 0.1) is 11.3 Å². The lowest BCUT2D eigenvalue weighted by Gasteiger charge is -2.44. The Kier molecular flexibility index (Phi) is 5.32. The largest absolute Gasteiger partial charge is 0.417 e. The van der Waals surface area contributed by atoms with Crippen molar-refractivity contribution in [1.82, 2.24) is 0 Å². The summed E-state index contributed by atoms with van der Waals surface area (Å²) in [6.45, 7) is 19.2. The van der Waals surface area contributed by atoms with Gasteiger partial charge in [0.1, 0.15) is 0 Å². The summed E-state index contributed by atoms with van der Waals surface area (Å²) in [5.74, 6) is 0.516. The van der Waals surface area contributed by atoms with E-state index >= 15 is 0 Å². The minimum atomic E-state index is -1.68. The van der Waals surface area contributed by atoms with E-state index in [1.807, 2.05) is 0 Å². The van der Waals surface area contributed by atoms with Gasteiger partial charge in [0.15, 0.2) is 8.32 Å². The standard InChI is InChI=1S/C17H34O2Si/c1-13-9-10-14(17(5,6)15(13)11-18)12-19-20(7,8)16(2,3)4/h14,18H,9-12H2,1-8H3. The van der Waals surface area contributed by atoms with Crippen LogP contribution in [-0.2, 0) is 4.43 Å². The molecular weight excluding hydrogens is 264 g/mol. The molecule has 2 nitrogen and oxygen atoms in total. The van der Waals surface area contributed by atoms with Crippen molar-refractivity contribution >= 4 is 8.32 Å². The van der Waals surface area contributed by atoms with Gasteiger partial charge in [0, 0.05) is 6.61 Å². The van der Waals surface area contributed by atoms with Gasteiger partial charge in [0.2, 0.25) is 0 Å². The Morgan fingerprint density at radius 1 is 1.30 bits per heavy atom. The minimum absolute atomic E-state index is 0.0550. The van der Waals surface area contributed by atoms with Gasteiger partial charge in [-0.2, -0.15) is 0 Å². The molecule has 0 aromatic carbocycles. The van der Waals surface area contributed by atoms with E-state index in [0.717, 1.165) is 13.0 Å². The van der Waals surface area contributed by atoms with E-state index in [-0.39, 0.29) is 17.1 Å². The highest BCUT2D eigenvalue weighted by molar-refractivity contribution is 6.74. The van der Waals surface area contributed by atoms with Gasteiger partial charge in [-0.25, -0.2) is 0 Å². The Labute approximate surface area is 126 Å². The summed E-state index contributed by atoms with van der Waals surface area (Å²) in [6, 6.07) is 0. The van der Waals surface area contributed by atoms with Crippen molar-refractivity contribution in [3.8, 4) is 0 Å². The van der Waals surface area contributed by atoms with Crippen LogP contribution < -0.4 is 0 Å². The maximum absolute atomic E-state index is 9.68. The summed E-state index contributed by atoms with van der Waals surface area (Å²) in [7, 11) is -1.68. The van der Waals surface area contributed by atoms with Crippen LogP contribution in [0.3, 0.4) is 0 Å². The average Bonchev–Trinajstić information content (AvgIpc) is 2.26. The van der Waals surface area contributed by atoms with Crippen LogP contribution in [0.15, 0.2) is 11.1 Å². The van der Waals surface area contributed by atoms with Crippen LogP contribution in [0.4, 0.5) is 0 Å². The average molecular weight is 299 g/mol. The molecule has 0 saturated carbocycles. The Bertz CT molecular complexity index is 375. The third kappa shape index (κ3) is 3.55. The monoisotopic (exact) mass is 298 g/mol. The van der Waals surface area contributed by atoms with Crippen molar-refractivity contribution in [3.05, 3.63) is 11.1 Å². The highest BCUT2D eigenvalue weighted by Gasteiger charge is 2.41. The van der Waals surface area contributed by atoms with Crippen molar-refractivity contribution < 1.29 is 9.53 Å². The molecule has 20 heavy (non-hydrogen) atoms. The summed E-state index contributed by atoms with van der Waals surface area (Å²) in [4.78, 5) is 0. The summed E-state index contributed by atoms with van der Waals surface area (Å²) in [5.41, 5.74) is 2.66. The molecule has 0 aromatic heterocycles. The molecule has 0 radical (unpaired) electrons. The maximum atomic E-state index is 9.68. The van der Waals surface area contributed by atoms with Crippen molar-refractivity contribution in [1.29, 1.82) is 0 Å². The van der Waals surface area contributed by atoms with Crippen molar-refractivity contribution in [3.63, 3.8) is 0 Å². The van der Waals surface area contributed by atoms with Crippen LogP contribution >= 0.6 is 0 Å². The molecule has 0 heterocycles. The highest BCUT2D eigenvalue weighted by Crippen LogP contribution is 2.45. The topological polar surface area (TPSA) is 29.5 Å². The molecule has 118 valence electrons. The molecule has 3 heteroatoms. The Balaban J connectivity index is 2.81. The molecule has 0 spiro atoms. The molecule has 1 aliphatic carbocycles. The van der Waals surface area contributed by atoms with Gasteiger partial charge in [-0.15, -0.1) is 0 Å². The Morgan fingerprint density at radius 2 is 1.85 bits per heavy atom. The molecule has 1 N–H and O–H groups in total. The first-order valence-electron chi connectivity index (χ1n) is 7.87. The fourth-order valence-electron chi connectivity index (χ4n) is 2.85. The van der Waals surface area contributed by atoms with Gasteiger partial charge < -0.3 is 9.53 Å². The van der Waals surface area contributed by atoms with E-state index in [1.54, 1.807) is 0 Å². The molecule has 0 aromatic rings. The molecule has 1 atom stereocenters. The Hall–Kier alpha value is -0.123. The number of rotatable bonds is 4. The minimum Gasteiger partial charge on any atom is -0.417 e. The second-order valence-electron chi connectivity index (χ2n) is 8.45.